The third-order valence-corrected chi connectivity index (χ3v) is 2.89. The van der Waals surface area contributed by atoms with Crippen LogP contribution in [0.2, 0.25) is 0 Å². The zero-order valence-corrected chi connectivity index (χ0v) is 10.9. The van der Waals surface area contributed by atoms with E-state index in [1.807, 2.05) is 0 Å². The summed E-state index contributed by atoms with van der Waals surface area (Å²) in [4.78, 5) is 13.9. The van der Waals surface area contributed by atoms with Gasteiger partial charge >= 0.3 is 0 Å². The molecule has 100 valence electrons. The van der Waals surface area contributed by atoms with Crippen molar-refractivity contribution in [3.8, 4) is 0 Å². The number of carbonyl (C=O) groups is 1. The van der Waals surface area contributed by atoms with E-state index in [1.165, 1.54) is 0 Å². The minimum Gasteiger partial charge on any atom is -0.379 e. The van der Waals surface area contributed by atoms with Crippen molar-refractivity contribution in [2.75, 3.05) is 39.4 Å². The number of nitrogens with zero attached hydrogens (tertiary/aromatic N) is 1. The lowest BCUT2D eigenvalue weighted by atomic mass is 10.0. The van der Waals surface area contributed by atoms with Gasteiger partial charge in [-0.3, -0.25) is 9.69 Å². The molecule has 0 bridgehead atoms. The number of morpholine rings is 1. The summed E-state index contributed by atoms with van der Waals surface area (Å²) < 4.78 is 5.26. The molecule has 0 aromatic rings. The number of hydrogen-bond donors (Lipinski definition) is 2. The predicted octanol–water partition coefficient (Wildman–Crippen LogP) is -0.192. The average Bonchev–Trinajstić information content (AvgIpc) is 2.29. The molecule has 1 amide bonds. The number of nitrogens with one attached hydrogen (secondary N) is 1. The van der Waals surface area contributed by atoms with Crippen LogP contribution in [-0.2, 0) is 9.53 Å². The van der Waals surface area contributed by atoms with E-state index >= 15 is 0 Å². The highest BCUT2D eigenvalue weighted by Gasteiger charge is 2.15. The van der Waals surface area contributed by atoms with Gasteiger partial charge in [-0.2, -0.15) is 0 Å². The first-order valence-electron chi connectivity index (χ1n) is 6.43. The molecular formula is C12H25N3O2. The van der Waals surface area contributed by atoms with Gasteiger partial charge in [0.15, 0.2) is 0 Å². The molecule has 0 aromatic carbocycles. The first-order chi connectivity index (χ1) is 8.09. The maximum absolute atomic E-state index is 11.6. The molecule has 0 saturated carbocycles. The van der Waals surface area contributed by atoms with Gasteiger partial charge in [0, 0.05) is 26.2 Å². The molecule has 5 heteroatoms. The number of hydrogen-bond acceptors (Lipinski definition) is 4. The van der Waals surface area contributed by atoms with E-state index in [-0.39, 0.29) is 11.9 Å². The van der Waals surface area contributed by atoms with Gasteiger partial charge < -0.3 is 15.8 Å². The summed E-state index contributed by atoms with van der Waals surface area (Å²) in [6.07, 6.45) is 0.739. The van der Waals surface area contributed by atoms with Gasteiger partial charge in [-0.25, -0.2) is 0 Å². The van der Waals surface area contributed by atoms with Gasteiger partial charge in [0.25, 0.3) is 0 Å². The van der Waals surface area contributed by atoms with Gasteiger partial charge in [0.05, 0.1) is 19.3 Å². The van der Waals surface area contributed by atoms with Crippen molar-refractivity contribution in [2.24, 2.45) is 11.7 Å². The second-order valence-electron chi connectivity index (χ2n) is 4.98. The van der Waals surface area contributed by atoms with Crippen LogP contribution in [0.5, 0.6) is 0 Å². The predicted molar refractivity (Wildman–Crippen MR) is 67.7 cm³/mol. The fraction of sp³-hybridized carbons (Fsp3) is 0.917. The van der Waals surface area contributed by atoms with Gasteiger partial charge in [0.2, 0.25) is 5.91 Å². The van der Waals surface area contributed by atoms with E-state index in [0.717, 1.165) is 39.3 Å². The van der Waals surface area contributed by atoms with Crippen molar-refractivity contribution in [1.29, 1.82) is 0 Å². The Morgan fingerprint density at radius 3 is 2.65 bits per heavy atom. The molecule has 3 N–H and O–H groups in total. The summed E-state index contributed by atoms with van der Waals surface area (Å²) in [7, 11) is 0. The SMILES string of the molecule is CC(C)C[C@@H](N)C(=O)NCCN1CCOCC1. The van der Waals surface area contributed by atoms with E-state index in [4.69, 9.17) is 10.5 Å². The lowest BCUT2D eigenvalue weighted by Crippen LogP contribution is -2.45. The van der Waals surface area contributed by atoms with Crippen LogP contribution in [0.1, 0.15) is 20.3 Å². The second kappa shape index (κ2) is 7.63. The molecule has 1 heterocycles. The Hall–Kier alpha value is -0.650. The van der Waals surface area contributed by atoms with Gasteiger partial charge in [-0.05, 0) is 12.3 Å². The van der Waals surface area contributed by atoms with E-state index < -0.39 is 0 Å². The van der Waals surface area contributed by atoms with Crippen molar-refractivity contribution in [3.63, 3.8) is 0 Å². The van der Waals surface area contributed by atoms with E-state index in [9.17, 15) is 4.79 Å². The summed E-state index contributed by atoms with van der Waals surface area (Å²) in [5.74, 6) is 0.418. The van der Waals surface area contributed by atoms with Crippen LogP contribution in [0.25, 0.3) is 0 Å². The zero-order chi connectivity index (χ0) is 12.7. The van der Waals surface area contributed by atoms with Crippen LogP contribution in [0.3, 0.4) is 0 Å². The van der Waals surface area contributed by atoms with Crippen molar-refractivity contribution in [1.82, 2.24) is 10.2 Å². The fourth-order valence-corrected chi connectivity index (χ4v) is 1.91. The molecule has 0 unspecified atom stereocenters. The van der Waals surface area contributed by atoms with Gasteiger partial charge in [-0.1, -0.05) is 13.8 Å². The number of amides is 1. The molecule has 0 radical (unpaired) electrons. The number of rotatable bonds is 6. The summed E-state index contributed by atoms with van der Waals surface area (Å²) >= 11 is 0. The van der Waals surface area contributed by atoms with E-state index in [2.05, 4.69) is 24.1 Å². The molecule has 1 aliphatic rings. The van der Waals surface area contributed by atoms with Crippen molar-refractivity contribution in [3.05, 3.63) is 0 Å². The maximum atomic E-state index is 11.6. The van der Waals surface area contributed by atoms with Crippen molar-refractivity contribution in [2.45, 2.75) is 26.3 Å². The first-order valence-corrected chi connectivity index (χ1v) is 6.43. The lowest BCUT2D eigenvalue weighted by molar-refractivity contribution is -0.122. The third-order valence-electron chi connectivity index (χ3n) is 2.89. The van der Waals surface area contributed by atoms with Crippen LogP contribution in [0.15, 0.2) is 0 Å². The molecule has 0 aliphatic carbocycles. The summed E-state index contributed by atoms with van der Waals surface area (Å²) in [5.41, 5.74) is 5.79. The number of ether oxygens (including phenoxy) is 1. The molecule has 1 saturated heterocycles. The minimum absolute atomic E-state index is 0.0352. The quantitative estimate of drug-likeness (QED) is 0.678. The zero-order valence-electron chi connectivity index (χ0n) is 10.9. The monoisotopic (exact) mass is 243 g/mol. The largest absolute Gasteiger partial charge is 0.379 e. The highest BCUT2D eigenvalue weighted by atomic mass is 16.5. The van der Waals surface area contributed by atoms with Crippen LogP contribution in [-0.4, -0.2) is 56.2 Å². The molecule has 0 spiro atoms. The van der Waals surface area contributed by atoms with Crippen LogP contribution >= 0.6 is 0 Å². The highest BCUT2D eigenvalue weighted by molar-refractivity contribution is 5.81. The topological polar surface area (TPSA) is 67.6 Å². The highest BCUT2D eigenvalue weighted by Crippen LogP contribution is 2.02. The third kappa shape index (κ3) is 6.00. The Balaban J connectivity index is 2.10. The molecule has 1 rings (SSSR count). The normalized spacial score (nSPS) is 19.3. The van der Waals surface area contributed by atoms with Crippen molar-refractivity contribution >= 4 is 5.91 Å². The summed E-state index contributed by atoms with van der Waals surface area (Å²) in [6, 6.07) is -0.375. The molecule has 17 heavy (non-hydrogen) atoms. The molecule has 1 atom stereocenters. The molecule has 1 aliphatic heterocycles. The van der Waals surface area contributed by atoms with Gasteiger partial charge in [-0.15, -0.1) is 0 Å². The summed E-state index contributed by atoms with van der Waals surface area (Å²) in [5, 5.41) is 2.89. The Morgan fingerprint density at radius 1 is 1.41 bits per heavy atom. The first kappa shape index (κ1) is 14.4. The fourth-order valence-electron chi connectivity index (χ4n) is 1.91. The van der Waals surface area contributed by atoms with Gasteiger partial charge in [0.1, 0.15) is 0 Å². The van der Waals surface area contributed by atoms with Crippen LogP contribution in [0, 0.1) is 5.92 Å². The van der Waals surface area contributed by atoms with E-state index in [0.29, 0.717) is 12.5 Å². The standard InChI is InChI=1S/C12H25N3O2/c1-10(2)9-11(13)12(16)14-3-4-15-5-7-17-8-6-15/h10-11H,3-9,13H2,1-2H3,(H,14,16)/t11-/m1/s1. The minimum atomic E-state index is -0.375. The Kier molecular flexibility index (Phi) is 6.47. The average molecular weight is 243 g/mol. The van der Waals surface area contributed by atoms with Crippen molar-refractivity contribution < 1.29 is 9.53 Å². The van der Waals surface area contributed by atoms with Crippen LogP contribution in [0.4, 0.5) is 0 Å². The molecule has 5 nitrogen and oxygen atoms in total. The molecule has 0 aromatic heterocycles. The number of carbonyl (C=O) groups excluding carboxylic acids is 1. The molecular weight excluding hydrogens is 218 g/mol. The Bertz CT molecular complexity index is 228. The second-order valence-corrected chi connectivity index (χ2v) is 4.98. The number of nitrogens with two attached hydrogens (primary N) is 1. The maximum Gasteiger partial charge on any atom is 0.236 e. The summed E-state index contributed by atoms with van der Waals surface area (Å²) in [6.45, 7) is 9.18. The lowest BCUT2D eigenvalue weighted by Gasteiger charge is -2.26. The Morgan fingerprint density at radius 2 is 2.06 bits per heavy atom. The Labute approximate surface area is 104 Å². The molecule has 1 fully saturated rings. The van der Waals surface area contributed by atoms with E-state index in [1.54, 1.807) is 0 Å². The smallest absolute Gasteiger partial charge is 0.236 e. The van der Waals surface area contributed by atoms with Crippen LogP contribution < -0.4 is 11.1 Å².